The Kier molecular flexibility index (Phi) is 7.27. The normalized spacial score (nSPS) is 11.7. The Morgan fingerprint density at radius 1 is 1.17 bits per heavy atom. The summed E-state index contributed by atoms with van der Waals surface area (Å²) in [6, 6.07) is 17.3. The number of fused-ring (bicyclic) bond motifs is 1. The zero-order valence-electron chi connectivity index (χ0n) is 20.3. The number of amides is 1. The molecule has 35 heavy (non-hydrogen) atoms. The van der Waals surface area contributed by atoms with Crippen LogP contribution in [0.1, 0.15) is 28.4 Å². The van der Waals surface area contributed by atoms with Crippen molar-refractivity contribution in [3.8, 4) is 17.0 Å². The minimum atomic E-state index is -0.169. The average molecular weight is 464 g/mol. The SMILES string of the molecule is C=C/C=C(\C=C/C)Cc1cc(OC)ccc1C(=O)Nc1ccc(-c2cn3cccc(C)c3n2)cc1. The Bertz CT molecular complexity index is 1430. The number of allylic oxidation sites excluding steroid dienone is 5. The molecule has 0 atom stereocenters. The second kappa shape index (κ2) is 10.7. The second-order valence-corrected chi connectivity index (χ2v) is 8.26. The summed E-state index contributed by atoms with van der Waals surface area (Å²) < 4.78 is 7.42. The number of methoxy groups -OCH3 is 1. The van der Waals surface area contributed by atoms with Gasteiger partial charge in [-0.25, -0.2) is 4.98 Å². The summed E-state index contributed by atoms with van der Waals surface area (Å²) >= 11 is 0. The molecule has 0 fully saturated rings. The first-order valence-corrected chi connectivity index (χ1v) is 11.5. The molecule has 0 aliphatic carbocycles. The van der Waals surface area contributed by atoms with Crippen LogP contribution in [0.4, 0.5) is 5.69 Å². The van der Waals surface area contributed by atoms with Gasteiger partial charge in [-0.3, -0.25) is 4.79 Å². The number of rotatable bonds is 8. The molecule has 0 saturated carbocycles. The maximum absolute atomic E-state index is 13.2. The molecule has 5 nitrogen and oxygen atoms in total. The number of imidazole rings is 1. The first kappa shape index (κ1) is 23.8. The number of aromatic nitrogens is 2. The molecule has 0 aliphatic rings. The summed E-state index contributed by atoms with van der Waals surface area (Å²) in [6.45, 7) is 7.81. The van der Waals surface area contributed by atoms with Crippen LogP contribution in [0.5, 0.6) is 5.75 Å². The molecule has 2 heterocycles. The molecule has 0 radical (unpaired) electrons. The molecular formula is C30H29N3O2. The molecule has 2 aromatic carbocycles. The van der Waals surface area contributed by atoms with Gasteiger partial charge in [0.2, 0.25) is 0 Å². The number of carbonyl (C=O) groups excluding carboxylic acids is 1. The van der Waals surface area contributed by atoms with Crippen LogP contribution in [0.25, 0.3) is 16.9 Å². The van der Waals surface area contributed by atoms with E-state index in [0.717, 1.165) is 39.3 Å². The van der Waals surface area contributed by atoms with Gasteiger partial charge in [-0.15, -0.1) is 0 Å². The summed E-state index contributed by atoms with van der Waals surface area (Å²) in [5, 5.41) is 3.02. The van der Waals surface area contributed by atoms with Gasteiger partial charge in [-0.05, 0) is 73.4 Å². The van der Waals surface area contributed by atoms with Gasteiger partial charge >= 0.3 is 0 Å². The minimum absolute atomic E-state index is 0.169. The summed E-state index contributed by atoms with van der Waals surface area (Å²) in [5.74, 6) is 0.541. The number of anilines is 1. The van der Waals surface area contributed by atoms with Gasteiger partial charge in [0.15, 0.2) is 0 Å². The number of hydrogen-bond acceptors (Lipinski definition) is 3. The van der Waals surface area contributed by atoms with Crippen molar-refractivity contribution in [3.05, 3.63) is 120 Å². The van der Waals surface area contributed by atoms with Crippen molar-refractivity contribution in [2.24, 2.45) is 0 Å². The number of hydrogen-bond donors (Lipinski definition) is 1. The first-order valence-electron chi connectivity index (χ1n) is 11.5. The molecule has 2 aromatic heterocycles. The lowest BCUT2D eigenvalue weighted by Gasteiger charge is -2.13. The fourth-order valence-corrected chi connectivity index (χ4v) is 4.04. The van der Waals surface area contributed by atoms with Crippen molar-refractivity contribution < 1.29 is 9.53 Å². The van der Waals surface area contributed by atoms with Crippen molar-refractivity contribution >= 4 is 17.2 Å². The Labute approximate surface area is 206 Å². The molecule has 0 saturated heterocycles. The molecule has 1 amide bonds. The highest BCUT2D eigenvalue weighted by Crippen LogP contribution is 2.25. The molecule has 4 rings (SSSR count). The van der Waals surface area contributed by atoms with Crippen LogP contribution in [0.15, 0.2) is 103 Å². The number of nitrogens with zero attached hydrogens (tertiary/aromatic N) is 2. The molecule has 5 heteroatoms. The molecule has 4 aromatic rings. The van der Waals surface area contributed by atoms with E-state index in [1.165, 1.54) is 0 Å². The van der Waals surface area contributed by atoms with Gasteiger partial charge in [0.1, 0.15) is 11.4 Å². The van der Waals surface area contributed by atoms with E-state index in [9.17, 15) is 4.79 Å². The van der Waals surface area contributed by atoms with Gasteiger partial charge in [0.25, 0.3) is 5.91 Å². The number of benzene rings is 2. The molecule has 0 unspecified atom stereocenters. The van der Waals surface area contributed by atoms with Crippen molar-refractivity contribution in [2.45, 2.75) is 20.3 Å². The van der Waals surface area contributed by atoms with Gasteiger partial charge < -0.3 is 14.5 Å². The summed E-state index contributed by atoms with van der Waals surface area (Å²) in [5.41, 5.74) is 7.19. The van der Waals surface area contributed by atoms with E-state index in [1.54, 1.807) is 25.3 Å². The number of carbonyl (C=O) groups is 1. The predicted octanol–water partition coefficient (Wildman–Crippen LogP) is 6.80. The molecule has 0 aliphatic heterocycles. The highest BCUT2D eigenvalue weighted by molar-refractivity contribution is 6.05. The van der Waals surface area contributed by atoms with Crippen molar-refractivity contribution in [1.82, 2.24) is 9.38 Å². The Morgan fingerprint density at radius 2 is 1.97 bits per heavy atom. The zero-order valence-corrected chi connectivity index (χ0v) is 20.3. The van der Waals surface area contributed by atoms with Crippen LogP contribution >= 0.6 is 0 Å². The Morgan fingerprint density at radius 3 is 2.66 bits per heavy atom. The third kappa shape index (κ3) is 5.41. The van der Waals surface area contributed by atoms with Crippen LogP contribution < -0.4 is 10.1 Å². The summed E-state index contributed by atoms with van der Waals surface area (Å²) in [6.07, 6.45) is 12.3. The third-order valence-electron chi connectivity index (χ3n) is 5.78. The molecule has 0 bridgehead atoms. The average Bonchev–Trinajstić information content (AvgIpc) is 3.30. The standard InChI is InChI=1S/C30H29N3O2/c1-5-8-22(9-6-2)18-24-19-26(35-4)15-16-27(24)30(34)31-25-13-11-23(12-14-25)28-20-33-17-7-10-21(3)29(33)32-28/h5-17,19-20H,1,18H2,2-4H3,(H,31,34)/b9-6-,22-8+. The summed E-state index contributed by atoms with van der Waals surface area (Å²) in [4.78, 5) is 18.0. The van der Waals surface area contributed by atoms with Crippen LogP contribution in [-0.4, -0.2) is 22.4 Å². The maximum atomic E-state index is 13.2. The minimum Gasteiger partial charge on any atom is -0.497 e. The Hall–Kier alpha value is -4.38. The molecular weight excluding hydrogens is 434 g/mol. The third-order valence-corrected chi connectivity index (χ3v) is 5.78. The van der Waals surface area contributed by atoms with Crippen LogP contribution in [0.2, 0.25) is 0 Å². The van der Waals surface area contributed by atoms with Gasteiger partial charge in [-0.1, -0.05) is 49.1 Å². The lowest BCUT2D eigenvalue weighted by molar-refractivity contribution is 0.102. The van der Waals surface area contributed by atoms with Gasteiger partial charge in [-0.2, -0.15) is 0 Å². The van der Waals surface area contributed by atoms with Crippen molar-refractivity contribution in [3.63, 3.8) is 0 Å². The maximum Gasteiger partial charge on any atom is 0.255 e. The highest BCUT2D eigenvalue weighted by Gasteiger charge is 2.14. The van der Waals surface area contributed by atoms with E-state index in [0.29, 0.717) is 17.7 Å². The van der Waals surface area contributed by atoms with Crippen LogP contribution in [0, 0.1) is 6.92 Å². The van der Waals surface area contributed by atoms with Gasteiger partial charge in [0, 0.05) is 29.2 Å². The molecule has 0 spiro atoms. The van der Waals surface area contributed by atoms with E-state index in [2.05, 4.69) is 11.9 Å². The van der Waals surface area contributed by atoms with E-state index < -0.39 is 0 Å². The summed E-state index contributed by atoms with van der Waals surface area (Å²) in [7, 11) is 1.62. The second-order valence-electron chi connectivity index (χ2n) is 8.26. The highest BCUT2D eigenvalue weighted by atomic mass is 16.5. The fourth-order valence-electron chi connectivity index (χ4n) is 4.04. The van der Waals surface area contributed by atoms with E-state index in [1.807, 2.05) is 91.3 Å². The van der Waals surface area contributed by atoms with Crippen molar-refractivity contribution in [2.75, 3.05) is 12.4 Å². The van der Waals surface area contributed by atoms with E-state index in [-0.39, 0.29) is 5.91 Å². The zero-order chi connectivity index (χ0) is 24.8. The largest absolute Gasteiger partial charge is 0.497 e. The quantitative estimate of drug-likeness (QED) is 0.292. The van der Waals surface area contributed by atoms with Crippen molar-refractivity contribution in [1.29, 1.82) is 0 Å². The van der Waals surface area contributed by atoms with Crippen LogP contribution in [-0.2, 0) is 6.42 Å². The lowest BCUT2D eigenvalue weighted by atomic mass is 9.98. The van der Waals surface area contributed by atoms with E-state index >= 15 is 0 Å². The fraction of sp³-hybridized carbons (Fsp3) is 0.133. The topological polar surface area (TPSA) is 55.6 Å². The van der Waals surface area contributed by atoms with E-state index in [4.69, 9.17) is 9.72 Å². The monoisotopic (exact) mass is 463 g/mol. The number of pyridine rings is 1. The van der Waals surface area contributed by atoms with Crippen LogP contribution in [0.3, 0.4) is 0 Å². The Balaban J connectivity index is 1.56. The first-order chi connectivity index (χ1) is 17.0. The lowest BCUT2D eigenvalue weighted by Crippen LogP contribution is -2.14. The molecule has 176 valence electrons. The smallest absolute Gasteiger partial charge is 0.255 e. The number of ether oxygens (including phenoxy) is 1. The van der Waals surface area contributed by atoms with Gasteiger partial charge in [0.05, 0.1) is 12.8 Å². The number of aryl methyl sites for hydroxylation is 1. The predicted molar refractivity (Wildman–Crippen MR) is 143 cm³/mol. The molecule has 1 N–H and O–H groups in total. The number of nitrogens with one attached hydrogen (secondary N) is 1.